The van der Waals surface area contributed by atoms with Crippen molar-refractivity contribution in [2.75, 3.05) is 31.2 Å². The molecule has 0 aromatic heterocycles. The number of rotatable bonds is 24. The molecule has 14 N–H and O–H groups in total. The quantitative estimate of drug-likeness (QED) is 0.0374. The number of ether oxygens (including phenoxy) is 5. The average molecular weight is 1260 g/mol. The van der Waals surface area contributed by atoms with E-state index in [4.69, 9.17) is 67.0 Å². The summed E-state index contributed by atoms with van der Waals surface area (Å²) in [7, 11) is -21.7. The molecular formula is C47H112O24Si7. The predicted molar refractivity (Wildman–Crippen MR) is 313 cm³/mol. The third-order valence-electron chi connectivity index (χ3n) is 11.6. The van der Waals surface area contributed by atoms with Crippen LogP contribution in [0.5, 0.6) is 0 Å². The van der Waals surface area contributed by atoms with Crippen molar-refractivity contribution in [3.8, 4) is 0 Å². The van der Waals surface area contributed by atoms with Crippen LogP contribution in [0.4, 0.5) is 0 Å². The van der Waals surface area contributed by atoms with Crippen molar-refractivity contribution in [3.05, 3.63) is 0 Å². The molecule has 0 amide bonds. The van der Waals surface area contributed by atoms with Gasteiger partial charge < -0.3 is 90.8 Å². The summed E-state index contributed by atoms with van der Waals surface area (Å²) in [5, 5.41) is 0. The van der Waals surface area contributed by atoms with E-state index >= 15 is 0 Å². The number of carbonyl (C=O) groups excluding carboxylic acids is 5. The fourth-order valence-corrected chi connectivity index (χ4v) is 7.23. The van der Waals surface area contributed by atoms with Gasteiger partial charge in [0.05, 0.1) is 28.6 Å². The Hall–Kier alpha value is -1.69. The summed E-state index contributed by atoms with van der Waals surface area (Å²) in [5.41, 5.74) is -0.552. The lowest BCUT2D eigenvalue weighted by molar-refractivity contribution is -0.153. The van der Waals surface area contributed by atoms with E-state index in [1.165, 1.54) is 13.1 Å². The molecule has 78 heavy (non-hydrogen) atoms. The monoisotopic (exact) mass is 1260 g/mol. The molecule has 0 aromatic carbocycles. The Bertz CT molecular complexity index is 1450. The van der Waals surface area contributed by atoms with Crippen LogP contribution in [0.15, 0.2) is 0 Å². The Morgan fingerprint density at radius 3 is 0.795 bits per heavy atom. The van der Waals surface area contributed by atoms with E-state index in [1.54, 1.807) is 61.2 Å². The second-order valence-corrected chi connectivity index (χ2v) is 43.0. The standard InChI is InChI=1S/C8H18O4Si.C8H18O3Si.C7H16O5Si.C7H16O4Si.C6H14O5Si.C6H16OSi.C5H14O2Si/c1-5-8(2,3)7(9)12-6-13(4,10)11;1-5-7(2)8(9)11-6-12(3,4)10;1-4-7(2,3)6(8)12-5-13(9,10)11;1-4-6(2)7(8)11-5-12(3,9)10;1-3-5(2)6(7)11-4-12(8,9)10;1-5-6(2)8(3,4)7;1-4-5(2)8(3,6)7/h10-11H,5-6H2,1-4H3;7,10H,5-6H2,1-4H3;9-11H,4-5H2,1-3H3;6,9-10H,4-5H2,1-3H3;5,8-10H,3-4H2,1-2H3;6-7H,5H2,1-4H3;5-7H,4H2,1-3H3. The first-order valence-electron chi connectivity index (χ1n) is 26.4. The van der Waals surface area contributed by atoms with Crippen molar-refractivity contribution in [2.45, 2.75) is 213 Å². The van der Waals surface area contributed by atoms with E-state index in [0.717, 1.165) is 19.3 Å². The molecule has 0 aromatic rings. The molecule has 472 valence electrons. The highest BCUT2D eigenvalue weighted by molar-refractivity contribution is 6.71. The molecule has 5 atom stereocenters. The van der Waals surface area contributed by atoms with Gasteiger partial charge in [-0.25, -0.2) is 0 Å². The summed E-state index contributed by atoms with van der Waals surface area (Å²) in [6.45, 7) is 41.2. The van der Waals surface area contributed by atoms with Crippen molar-refractivity contribution < 1.29 is 115 Å². The normalized spacial score (nSPS) is 14.1. The Balaban J connectivity index is -0.000000152. The molecule has 0 heterocycles. The van der Waals surface area contributed by atoms with Gasteiger partial charge in [-0.2, -0.15) is 0 Å². The summed E-state index contributed by atoms with van der Waals surface area (Å²) < 4.78 is 23.4. The van der Waals surface area contributed by atoms with Crippen LogP contribution < -0.4 is 0 Å². The summed E-state index contributed by atoms with van der Waals surface area (Å²) in [5.74, 6) is -2.50. The number of hydrogen-bond donors (Lipinski definition) is 14. The summed E-state index contributed by atoms with van der Waals surface area (Å²) in [4.78, 5) is 179. The average Bonchev–Trinajstić information content (AvgIpc) is 3.30. The van der Waals surface area contributed by atoms with Crippen LogP contribution in [-0.4, -0.2) is 188 Å². The van der Waals surface area contributed by atoms with Crippen molar-refractivity contribution in [1.82, 2.24) is 0 Å². The molecule has 0 rings (SSSR count). The van der Waals surface area contributed by atoms with Crippen LogP contribution in [0.1, 0.15) is 156 Å². The molecule has 0 radical (unpaired) electrons. The van der Waals surface area contributed by atoms with E-state index in [0.29, 0.717) is 31.2 Å². The highest BCUT2D eigenvalue weighted by atomic mass is 28.4. The number of hydrogen-bond acceptors (Lipinski definition) is 24. The minimum Gasteiger partial charge on any atom is -0.466 e. The zero-order chi connectivity index (χ0) is 64.3. The van der Waals surface area contributed by atoms with E-state index in [2.05, 4.69) is 28.1 Å². The lowest BCUT2D eigenvalue weighted by Crippen LogP contribution is -2.43. The van der Waals surface area contributed by atoms with Crippen molar-refractivity contribution in [2.24, 2.45) is 28.6 Å². The van der Waals surface area contributed by atoms with Crippen LogP contribution in [0.25, 0.3) is 0 Å². The second-order valence-electron chi connectivity index (χ2n) is 22.5. The minimum atomic E-state index is -4.25. The van der Waals surface area contributed by atoms with E-state index in [9.17, 15) is 33.6 Å². The number of carbonyl (C=O) groups is 5. The van der Waals surface area contributed by atoms with Gasteiger partial charge in [0.15, 0.2) is 20.8 Å². The Morgan fingerprint density at radius 1 is 0.372 bits per heavy atom. The Labute approximate surface area is 474 Å². The molecule has 31 heteroatoms. The SMILES string of the molecule is CCC(C)(C)C(=O)OC[Si](C)(O)O.CCC(C)(C)C(=O)OC[Si](O)(O)O.CCC(C)C(=O)OC[Si](C)(C)O.CCC(C)C(=O)OC[Si](C)(O)O.CCC(C)C(=O)OC[Si](O)(O)O.CCC(C)[Si](C)(C)O.CCC(C)[Si](C)(O)O. The highest BCUT2D eigenvalue weighted by Gasteiger charge is 2.35. The van der Waals surface area contributed by atoms with Gasteiger partial charge >= 0.3 is 73.1 Å². The van der Waals surface area contributed by atoms with E-state index < -0.39 is 95.2 Å². The molecule has 0 spiro atoms. The predicted octanol–water partition coefficient (Wildman–Crippen LogP) is 3.32. The molecule has 0 saturated carbocycles. The van der Waals surface area contributed by atoms with Crippen LogP contribution in [0.2, 0.25) is 56.9 Å². The molecule has 0 saturated heterocycles. The summed E-state index contributed by atoms with van der Waals surface area (Å²) in [6, 6.07) is 0. The van der Waals surface area contributed by atoms with Gasteiger partial charge in [0, 0.05) is 0 Å². The van der Waals surface area contributed by atoms with Crippen molar-refractivity contribution in [1.29, 1.82) is 0 Å². The maximum atomic E-state index is 11.3. The largest absolute Gasteiger partial charge is 0.532 e. The third kappa shape index (κ3) is 61.9. The van der Waals surface area contributed by atoms with Crippen molar-refractivity contribution >= 4 is 89.8 Å². The van der Waals surface area contributed by atoms with Crippen LogP contribution >= 0.6 is 0 Å². The smallest absolute Gasteiger partial charge is 0.466 e. The lowest BCUT2D eigenvalue weighted by atomic mass is 9.91. The third-order valence-corrected chi connectivity index (χ3v) is 20.0. The molecule has 0 fully saturated rings. The zero-order valence-electron chi connectivity index (χ0n) is 51.7. The maximum absolute atomic E-state index is 11.3. The van der Waals surface area contributed by atoms with E-state index in [-0.39, 0.29) is 59.9 Å². The minimum absolute atomic E-state index is 0.0543. The fourth-order valence-electron chi connectivity index (χ4n) is 3.48. The zero-order valence-corrected chi connectivity index (χ0v) is 58.7. The maximum Gasteiger partial charge on any atom is 0.532 e. The molecule has 5 unspecified atom stereocenters. The second kappa shape index (κ2) is 42.2. The van der Waals surface area contributed by atoms with Gasteiger partial charge in [-0.3, -0.25) is 24.0 Å². The van der Waals surface area contributed by atoms with Crippen LogP contribution in [0.3, 0.4) is 0 Å². The van der Waals surface area contributed by atoms with Gasteiger partial charge in [-0.1, -0.05) is 95.9 Å². The first-order valence-corrected chi connectivity index (χ1v) is 44.4. The molecule has 0 bridgehead atoms. The Kier molecular flexibility index (Phi) is 48.7. The van der Waals surface area contributed by atoms with Gasteiger partial charge in [0.2, 0.25) is 8.32 Å². The molecule has 0 aliphatic rings. The Morgan fingerprint density at radius 2 is 0.615 bits per heavy atom. The first kappa shape index (κ1) is 90.1. The van der Waals surface area contributed by atoms with Crippen LogP contribution in [0, 0.1) is 28.6 Å². The number of esters is 5. The molecule has 0 aliphatic carbocycles. The van der Waals surface area contributed by atoms with E-state index in [1.807, 2.05) is 68.5 Å². The highest BCUT2D eigenvalue weighted by Crippen LogP contribution is 2.23. The summed E-state index contributed by atoms with van der Waals surface area (Å²) in [6.07, 6.45) is 3.65. The first-order chi connectivity index (χ1) is 34.4. The molecule has 0 aliphatic heterocycles. The fraction of sp³-hybridized carbons (Fsp3) is 0.894. The van der Waals surface area contributed by atoms with Gasteiger partial charge in [-0.05, 0) is 117 Å². The van der Waals surface area contributed by atoms with Gasteiger partial charge in [-0.15, -0.1) is 0 Å². The lowest BCUT2D eigenvalue weighted by Gasteiger charge is -2.21. The topological polar surface area (TPSA) is 415 Å². The molecular weight excluding hydrogens is 1150 g/mol. The van der Waals surface area contributed by atoms with Gasteiger partial charge in [0.1, 0.15) is 18.7 Å². The summed E-state index contributed by atoms with van der Waals surface area (Å²) >= 11 is 0. The van der Waals surface area contributed by atoms with Gasteiger partial charge in [0.25, 0.3) is 0 Å². The van der Waals surface area contributed by atoms with Crippen molar-refractivity contribution in [3.63, 3.8) is 0 Å². The molecule has 24 nitrogen and oxygen atoms in total. The van der Waals surface area contributed by atoms with Crippen LogP contribution in [-0.2, 0) is 47.7 Å².